The minimum Gasteiger partial charge on any atom is -0.295 e. The molecule has 1 aromatic heterocycles. The van der Waals surface area contributed by atoms with Crippen LogP contribution in [0.2, 0.25) is 0 Å². The number of benzene rings is 1. The predicted molar refractivity (Wildman–Crippen MR) is 85.6 cm³/mol. The van der Waals surface area contributed by atoms with Crippen LogP contribution >= 0.6 is 0 Å². The third-order valence-electron chi connectivity index (χ3n) is 3.57. The zero-order chi connectivity index (χ0) is 15.4. The monoisotopic (exact) mass is 282 g/mol. The van der Waals surface area contributed by atoms with Crippen LogP contribution in [0.4, 0.5) is 0 Å². The van der Waals surface area contributed by atoms with Crippen molar-refractivity contribution in [2.75, 3.05) is 13.6 Å². The van der Waals surface area contributed by atoms with Gasteiger partial charge in [-0.05, 0) is 56.6 Å². The Balaban J connectivity index is 2.08. The predicted octanol–water partition coefficient (Wildman–Crippen LogP) is 3.32. The molecule has 0 saturated carbocycles. The maximum absolute atomic E-state index is 12.5. The summed E-state index contributed by atoms with van der Waals surface area (Å²) in [6.45, 7) is 7.25. The Hall–Kier alpha value is -2.00. The van der Waals surface area contributed by atoms with Gasteiger partial charge in [0.2, 0.25) is 0 Å². The van der Waals surface area contributed by atoms with Crippen LogP contribution in [0.1, 0.15) is 32.6 Å². The minimum atomic E-state index is 0.182. The number of rotatable bonds is 5. The smallest absolute Gasteiger partial charge is 0.177 e. The Morgan fingerprint density at radius 3 is 2.24 bits per heavy atom. The molecule has 1 heterocycles. The Morgan fingerprint density at radius 2 is 1.67 bits per heavy atom. The third-order valence-corrected chi connectivity index (χ3v) is 3.57. The first-order valence-corrected chi connectivity index (χ1v) is 7.16. The van der Waals surface area contributed by atoms with Gasteiger partial charge < -0.3 is 0 Å². The van der Waals surface area contributed by atoms with Gasteiger partial charge in [0, 0.05) is 24.5 Å². The number of pyridine rings is 1. The van der Waals surface area contributed by atoms with Gasteiger partial charge in [-0.1, -0.05) is 17.7 Å². The zero-order valence-corrected chi connectivity index (χ0v) is 13.2. The molecule has 0 N–H and O–H groups in total. The van der Waals surface area contributed by atoms with Gasteiger partial charge in [0.05, 0.1) is 6.54 Å². The number of aryl methyl sites for hydroxylation is 3. The summed E-state index contributed by atoms with van der Waals surface area (Å²) in [5.74, 6) is 0.182. The summed E-state index contributed by atoms with van der Waals surface area (Å²) in [7, 11) is 1.97. The number of ketones is 1. The molecule has 0 spiro atoms. The van der Waals surface area contributed by atoms with E-state index in [9.17, 15) is 4.79 Å². The number of aromatic nitrogens is 1. The van der Waals surface area contributed by atoms with Gasteiger partial charge in [0.25, 0.3) is 0 Å². The van der Waals surface area contributed by atoms with Crippen molar-refractivity contribution in [3.05, 3.63) is 64.5 Å². The van der Waals surface area contributed by atoms with E-state index in [4.69, 9.17) is 0 Å². The highest BCUT2D eigenvalue weighted by atomic mass is 16.1. The van der Waals surface area contributed by atoms with Crippen molar-refractivity contribution in [1.29, 1.82) is 0 Å². The molecule has 2 rings (SSSR count). The third kappa shape index (κ3) is 3.99. The fraction of sp³-hybridized carbons (Fsp3) is 0.333. The van der Waals surface area contributed by atoms with Gasteiger partial charge in [0.15, 0.2) is 5.78 Å². The lowest BCUT2D eigenvalue weighted by Crippen LogP contribution is -2.26. The highest BCUT2D eigenvalue weighted by molar-refractivity contribution is 6.00. The van der Waals surface area contributed by atoms with Crippen LogP contribution in [0.5, 0.6) is 0 Å². The second kappa shape index (κ2) is 6.64. The molecule has 3 nitrogen and oxygen atoms in total. The van der Waals surface area contributed by atoms with Crippen LogP contribution in [0.25, 0.3) is 0 Å². The van der Waals surface area contributed by atoms with Crippen LogP contribution in [0.3, 0.4) is 0 Å². The van der Waals surface area contributed by atoms with E-state index >= 15 is 0 Å². The average Bonchev–Trinajstić information content (AvgIpc) is 2.38. The molecule has 1 aromatic carbocycles. The number of Topliss-reactive ketones (excluding diaryl/α,β-unsaturated/α-hetero) is 1. The lowest BCUT2D eigenvalue weighted by molar-refractivity contribution is 0.0942. The number of hydrogen-bond acceptors (Lipinski definition) is 3. The first kappa shape index (κ1) is 15.4. The Kier molecular flexibility index (Phi) is 4.86. The van der Waals surface area contributed by atoms with Gasteiger partial charge >= 0.3 is 0 Å². The molecule has 0 saturated heterocycles. The summed E-state index contributed by atoms with van der Waals surface area (Å²) < 4.78 is 0. The number of carbonyl (C=O) groups is 1. The maximum atomic E-state index is 12.5. The van der Waals surface area contributed by atoms with Crippen molar-refractivity contribution in [2.24, 2.45) is 0 Å². The Labute approximate surface area is 126 Å². The number of nitrogens with zero attached hydrogens (tertiary/aromatic N) is 2. The normalized spacial score (nSPS) is 10.9. The molecule has 0 amide bonds. The quantitative estimate of drug-likeness (QED) is 0.789. The standard InChI is InChI=1S/C18H22N2O/c1-13-9-14(2)18(15(3)10-13)17(21)12-20(4)11-16-5-7-19-8-6-16/h5-10H,11-12H2,1-4H3. The molecule has 0 aliphatic rings. The molecular formula is C18H22N2O. The molecule has 2 aromatic rings. The lowest BCUT2D eigenvalue weighted by atomic mass is 9.96. The van der Waals surface area contributed by atoms with E-state index in [0.29, 0.717) is 6.54 Å². The molecule has 110 valence electrons. The minimum absolute atomic E-state index is 0.182. The van der Waals surface area contributed by atoms with Gasteiger partial charge in [-0.25, -0.2) is 0 Å². The summed E-state index contributed by atoms with van der Waals surface area (Å²) in [6, 6.07) is 8.10. The van der Waals surface area contributed by atoms with E-state index in [-0.39, 0.29) is 5.78 Å². The maximum Gasteiger partial charge on any atom is 0.177 e. The number of likely N-dealkylation sites (N-methyl/N-ethyl adjacent to an activating group) is 1. The first-order chi connectivity index (χ1) is 9.97. The average molecular weight is 282 g/mol. The van der Waals surface area contributed by atoms with Gasteiger partial charge in [0.1, 0.15) is 0 Å². The molecule has 0 radical (unpaired) electrons. The van der Waals surface area contributed by atoms with Crippen molar-refractivity contribution < 1.29 is 4.79 Å². The van der Waals surface area contributed by atoms with Gasteiger partial charge in [-0.15, -0.1) is 0 Å². The summed E-state index contributed by atoms with van der Waals surface area (Å²) >= 11 is 0. The van der Waals surface area contributed by atoms with E-state index in [2.05, 4.69) is 24.0 Å². The first-order valence-electron chi connectivity index (χ1n) is 7.16. The highest BCUT2D eigenvalue weighted by Crippen LogP contribution is 2.17. The van der Waals surface area contributed by atoms with Crippen molar-refractivity contribution in [2.45, 2.75) is 27.3 Å². The second-order valence-corrected chi connectivity index (χ2v) is 5.72. The largest absolute Gasteiger partial charge is 0.295 e. The lowest BCUT2D eigenvalue weighted by Gasteiger charge is -2.17. The van der Waals surface area contributed by atoms with Gasteiger partial charge in [-0.2, -0.15) is 0 Å². The fourth-order valence-corrected chi connectivity index (χ4v) is 2.80. The summed E-state index contributed by atoms with van der Waals surface area (Å²) in [5, 5.41) is 0. The fourth-order valence-electron chi connectivity index (χ4n) is 2.80. The Morgan fingerprint density at radius 1 is 1.10 bits per heavy atom. The van der Waals surface area contributed by atoms with Crippen LogP contribution in [-0.2, 0) is 6.54 Å². The molecule has 0 unspecified atom stereocenters. The summed E-state index contributed by atoms with van der Waals surface area (Å²) in [5.41, 5.74) is 5.36. The van der Waals surface area contributed by atoms with E-state index in [1.54, 1.807) is 12.4 Å². The molecule has 0 bridgehead atoms. The van der Waals surface area contributed by atoms with Crippen molar-refractivity contribution in [3.63, 3.8) is 0 Å². The number of hydrogen-bond donors (Lipinski definition) is 0. The summed E-state index contributed by atoms with van der Waals surface area (Å²) in [6.07, 6.45) is 3.55. The van der Waals surface area contributed by atoms with E-state index in [0.717, 1.165) is 28.8 Å². The topological polar surface area (TPSA) is 33.2 Å². The van der Waals surface area contributed by atoms with Crippen LogP contribution in [0.15, 0.2) is 36.7 Å². The highest BCUT2D eigenvalue weighted by Gasteiger charge is 2.15. The zero-order valence-electron chi connectivity index (χ0n) is 13.2. The molecular weight excluding hydrogens is 260 g/mol. The SMILES string of the molecule is Cc1cc(C)c(C(=O)CN(C)Cc2ccncc2)c(C)c1. The molecule has 0 atom stereocenters. The molecule has 0 fully saturated rings. The molecule has 3 heteroatoms. The van der Waals surface area contributed by atoms with Crippen LogP contribution in [0, 0.1) is 20.8 Å². The van der Waals surface area contributed by atoms with E-state index in [1.807, 2.05) is 37.9 Å². The molecule has 0 aliphatic carbocycles. The molecule has 21 heavy (non-hydrogen) atoms. The Bertz CT molecular complexity index is 612. The van der Waals surface area contributed by atoms with Crippen LogP contribution in [-0.4, -0.2) is 29.3 Å². The van der Waals surface area contributed by atoms with E-state index in [1.165, 1.54) is 5.56 Å². The summed E-state index contributed by atoms with van der Waals surface area (Å²) in [4.78, 5) is 18.6. The number of carbonyl (C=O) groups excluding carboxylic acids is 1. The second-order valence-electron chi connectivity index (χ2n) is 5.72. The van der Waals surface area contributed by atoms with Crippen LogP contribution < -0.4 is 0 Å². The van der Waals surface area contributed by atoms with Crippen molar-refractivity contribution >= 4 is 5.78 Å². The molecule has 0 aliphatic heterocycles. The van der Waals surface area contributed by atoms with E-state index < -0.39 is 0 Å². The van der Waals surface area contributed by atoms with Crippen molar-refractivity contribution in [1.82, 2.24) is 9.88 Å². The van der Waals surface area contributed by atoms with Gasteiger partial charge in [-0.3, -0.25) is 14.7 Å². The van der Waals surface area contributed by atoms with Crippen molar-refractivity contribution in [3.8, 4) is 0 Å².